The van der Waals surface area contributed by atoms with Crippen molar-refractivity contribution in [3.05, 3.63) is 46.8 Å². The van der Waals surface area contributed by atoms with Crippen molar-refractivity contribution in [3.63, 3.8) is 0 Å². The van der Waals surface area contributed by atoms with Crippen LogP contribution in [0.25, 0.3) is 0 Å². The molecule has 1 aromatic carbocycles. The van der Waals surface area contributed by atoms with E-state index in [4.69, 9.17) is 4.52 Å². The molecule has 9 heteroatoms. The number of piperazine rings is 1. The van der Waals surface area contributed by atoms with Gasteiger partial charge in [-0.2, -0.15) is 4.31 Å². The van der Waals surface area contributed by atoms with Crippen molar-refractivity contribution >= 4 is 15.9 Å². The first-order valence-corrected chi connectivity index (χ1v) is 12.7. The lowest BCUT2D eigenvalue weighted by Crippen LogP contribution is -2.51. The van der Waals surface area contributed by atoms with Gasteiger partial charge in [0.05, 0.1) is 17.1 Å². The molecule has 2 fully saturated rings. The van der Waals surface area contributed by atoms with Crippen LogP contribution < -0.4 is 0 Å². The molecule has 1 aromatic heterocycles. The van der Waals surface area contributed by atoms with Gasteiger partial charge in [0.1, 0.15) is 0 Å². The van der Waals surface area contributed by atoms with E-state index >= 15 is 0 Å². The van der Waals surface area contributed by atoms with Gasteiger partial charge in [-0.25, -0.2) is 8.42 Å². The molecule has 0 radical (unpaired) electrons. The molecule has 0 aliphatic carbocycles. The minimum absolute atomic E-state index is 0.107. The maximum absolute atomic E-state index is 13.0. The van der Waals surface area contributed by atoms with Crippen LogP contribution in [0.4, 0.5) is 0 Å². The molecular weight excluding hydrogens is 428 g/mol. The molecule has 4 rings (SSSR count). The maximum Gasteiger partial charge on any atom is 0.243 e. The van der Waals surface area contributed by atoms with Gasteiger partial charge in [-0.15, -0.1) is 0 Å². The third-order valence-corrected chi connectivity index (χ3v) is 8.55. The lowest BCUT2D eigenvalue weighted by molar-refractivity contribution is -0.138. The second-order valence-corrected chi connectivity index (χ2v) is 10.9. The van der Waals surface area contributed by atoms with E-state index < -0.39 is 10.0 Å². The van der Waals surface area contributed by atoms with E-state index in [9.17, 15) is 13.2 Å². The quantitative estimate of drug-likeness (QED) is 0.681. The Balaban J connectivity index is 1.28. The van der Waals surface area contributed by atoms with Gasteiger partial charge in [0.15, 0.2) is 5.76 Å². The van der Waals surface area contributed by atoms with Gasteiger partial charge < -0.3 is 9.42 Å². The van der Waals surface area contributed by atoms with E-state index in [2.05, 4.69) is 10.1 Å². The molecule has 0 atom stereocenters. The Labute approximate surface area is 190 Å². The zero-order valence-electron chi connectivity index (χ0n) is 19.1. The number of carbonyl (C=O) groups excluding carboxylic acids is 1. The first-order chi connectivity index (χ1) is 15.2. The molecule has 32 heavy (non-hydrogen) atoms. The lowest BCUT2D eigenvalue weighted by atomic mass is 9.96. The first-order valence-electron chi connectivity index (χ1n) is 11.2. The second-order valence-electron chi connectivity index (χ2n) is 8.96. The van der Waals surface area contributed by atoms with Gasteiger partial charge in [-0.3, -0.25) is 9.69 Å². The number of rotatable bonds is 5. The fraction of sp³-hybridized carbons (Fsp3) is 0.565. The first kappa shape index (κ1) is 22.9. The Bertz CT molecular complexity index is 1070. The molecule has 0 bridgehead atoms. The summed E-state index contributed by atoms with van der Waals surface area (Å²) in [7, 11) is -3.52. The SMILES string of the molecule is Cc1cc(CN2CCN(C(=O)C3CCN(S(=O)(=O)c4ccc(C)c(C)c4)CC3)CC2)on1. The number of aromatic nitrogens is 1. The largest absolute Gasteiger partial charge is 0.360 e. The summed E-state index contributed by atoms with van der Waals surface area (Å²) in [5, 5.41) is 3.92. The molecular formula is C23H32N4O4S. The maximum atomic E-state index is 13.0. The summed E-state index contributed by atoms with van der Waals surface area (Å²) < 4.78 is 32.9. The highest BCUT2D eigenvalue weighted by Gasteiger charge is 2.34. The molecule has 0 unspecified atom stereocenters. The zero-order valence-corrected chi connectivity index (χ0v) is 19.9. The van der Waals surface area contributed by atoms with Crippen molar-refractivity contribution in [2.45, 2.75) is 45.1 Å². The summed E-state index contributed by atoms with van der Waals surface area (Å²) in [5.41, 5.74) is 2.91. The molecule has 1 amide bonds. The van der Waals surface area contributed by atoms with Gasteiger partial charge in [0.2, 0.25) is 15.9 Å². The molecule has 8 nitrogen and oxygen atoms in total. The normalized spacial score (nSPS) is 19.4. The molecule has 0 saturated carbocycles. The Morgan fingerprint density at radius 2 is 1.69 bits per heavy atom. The lowest BCUT2D eigenvalue weighted by Gasteiger charge is -2.38. The average Bonchev–Trinajstić information content (AvgIpc) is 3.20. The van der Waals surface area contributed by atoms with E-state index in [1.165, 1.54) is 4.31 Å². The Morgan fingerprint density at radius 1 is 1.00 bits per heavy atom. The minimum Gasteiger partial charge on any atom is -0.360 e. The van der Waals surface area contributed by atoms with Crippen LogP contribution in [0.15, 0.2) is 33.7 Å². The van der Waals surface area contributed by atoms with Crippen LogP contribution in [0, 0.1) is 26.7 Å². The van der Waals surface area contributed by atoms with Gasteiger partial charge >= 0.3 is 0 Å². The van der Waals surface area contributed by atoms with Crippen LogP contribution in [0.3, 0.4) is 0 Å². The summed E-state index contributed by atoms with van der Waals surface area (Å²) in [6, 6.07) is 7.20. The molecule has 3 heterocycles. The summed E-state index contributed by atoms with van der Waals surface area (Å²) in [5.74, 6) is 0.896. The fourth-order valence-corrected chi connectivity index (χ4v) is 6.02. The number of aryl methyl sites for hydroxylation is 3. The van der Waals surface area contributed by atoms with E-state index in [0.29, 0.717) is 50.5 Å². The van der Waals surface area contributed by atoms with Crippen molar-refractivity contribution in [2.24, 2.45) is 5.92 Å². The van der Waals surface area contributed by atoms with Crippen molar-refractivity contribution in [1.82, 2.24) is 19.3 Å². The van der Waals surface area contributed by atoms with Crippen LogP contribution in [0.5, 0.6) is 0 Å². The van der Waals surface area contributed by atoms with Gasteiger partial charge in [-0.05, 0) is 56.9 Å². The molecule has 2 aliphatic heterocycles. The zero-order chi connectivity index (χ0) is 22.9. The number of sulfonamides is 1. The minimum atomic E-state index is -3.52. The van der Waals surface area contributed by atoms with E-state index in [-0.39, 0.29) is 11.8 Å². The van der Waals surface area contributed by atoms with Crippen molar-refractivity contribution in [2.75, 3.05) is 39.3 Å². The number of carbonyl (C=O) groups is 1. The number of hydrogen-bond acceptors (Lipinski definition) is 6. The number of piperidine rings is 1. The predicted octanol–water partition coefficient (Wildman–Crippen LogP) is 2.34. The third kappa shape index (κ3) is 4.89. The van der Waals surface area contributed by atoms with Crippen molar-refractivity contribution in [3.8, 4) is 0 Å². The molecule has 2 aromatic rings. The number of hydrogen-bond donors (Lipinski definition) is 0. The summed E-state index contributed by atoms with van der Waals surface area (Å²) >= 11 is 0. The number of benzene rings is 1. The molecule has 2 aliphatic rings. The summed E-state index contributed by atoms with van der Waals surface area (Å²) in [6.07, 6.45) is 1.14. The third-order valence-electron chi connectivity index (χ3n) is 6.66. The van der Waals surface area contributed by atoms with Gasteiger partial charge in [0.25, 0.3) is 0 Å². The van der Waals surface area contributed by atoms with E-state index in [0.717, 1.165) is 35.7 Å². The van der Waals surface area contributed by atoms with Gasteiger partial charge in [0, 0.05) is 51.3 Å². The Kier molecular flexibility index (Phi) is 6.69. The smallest absolute Gasteiger partial charge is 0.243 e. The van der Waals surface area contributed by atoms with Crippen LogP contribution in [-0.2, 0) is 21.4 Å². The monoisotopic (exact) mass is 460 g/mol. The van der Waals surface area contributed by atoms with E-state index in [1.54, 1.807) is 12.1 Å². The number of nitrogens with zero attached hydrogens (tertiary/aromatic N) is 4. The predicted molar refractivity (Wildman–Crippen MR) is 120 cm³/mol. The van der Waals surface area contributed by atoms with Crippen molar-refractivity contribution < 1.29 is 17.7 Å². The van der Waals surface area contributed by atoms with Crippen LogP contribution in [0.1, 0.15) is 35.4 Å². The Morgan fingerprint density at radius 3 is 2.28 bits per heavy atom. The van der Waals surface area contributed by atoms with E-state index in [1.807, 2.05) is 37.8 Å². The standard InChI is InChI=1S/C23H32N4O4S/c1-17-4-5-22(14-18(17)2)32(29,30)27-8-6-20(7-9-27)23(28)26-12-10-25(11-13-26)16-21-15-19(3)24-31-21/h4-5,14-15,20H,6-13,16H2,1-3H3. The highest BCUT2D eigenvalue weighted by atomic mass is 32.2. The highest BCUT2D eigenvalue weighted by molar-refractivity contribution is 7.89. The van der Waals surface area contributed by atoms with Crippen LogP contribution >= 0.6 is 0 Å². The Hall–Kier alpha value is -2.23. The highest BCUT2D eigenvalue weighted by Crippen LogP contribution is 2.26. The second kappa shape index (κ2) is 9.33. The summed E-state index contributed by atoms with van der Waals surface area (Å²) in [6.45, 7) is 10.2. The fourth-order valence-electron chi connectivity index (χ4n) is 4.46. The summed E-state index contributed by atoms with van der Waals surface area (Å²) in [4.78, 5) is 17.6. The average molecular weight is 461 g/mol. The molecule has 174 valence electrons. The number of amides is 1. The topological polar surface area (TPSA) is 87.0 Å². The van der Waals surface area contributed by atoms with Gasteiger partial charge in [-0.1, -0.05) is 11.2 Å². The molecule has 0 spiro atoms. The van der Waals surface area contributed by atoms with Crippen LogP contribution in [-0.4, -0.2) is 72.9 Å². The molecule has 0 N–H and O–H groups in total. The molecule has 2 saturated heterocycles. The van der Waals surface area contributed by atoms with Crippen LogP contribution in [0.2, 0.25) is 0 Å². The van der Waals surface area contributed by atoms with Crippen molar-refractivity contribution in [1.29, 1.82) is 0 Å².